The van der Waals surface area contributed by atoms with E-state index in [9.17, 15) is 4.79 Å². The zero-order valence-electron chi connectivity index (χ0n) is 5.35. The molecule has 0 spiro atoms. The molecule has 7 heteroatoms. The van der Waals surface area contributed by atoms with E-state index in [1.54, 1.807) is 0 Å². The van der Waals surface area contributed by atoms with Gasteiger partial charge in [-0.05, 0) is 0 Å². The molecule has 0 aromatic carbocycles. The van der Waals surface area contributed by atoms with Gasteiger partial charge in [0.2, 0.25) is 3.79 Å². The average Bonchev–Trinajstić information content (AvgIpc) is 1.80. The number of alkyl halides is 3. The second-order valence-corrected chi connectivity index (χ2v) is 4.17. The minimum absolute atomic E-state index is 0.189. The molecule has 11 heavy (non-hydrogen) atoms. The zero-order chi connectivity index (χ0) is 9.07. The molecule has 66 valence electrons. The molecule has 0 aromatic heterocycles. The van der Waals surface area contributed by atoms with E-state index in [1.165, 1.54) is 0 Å². The summed E-state index contributed by atoms with van der Waals surface area (Å²) in [6, 6.07) is -0.779. The van der Waals surface area contributed by atoms with Gasteiger partial charge in [0.1, 0.15) is 6.10 Å². The maximum absolute atomic E-state index is 10.1. The first kappa shape index (κ1) is 11.1. The SMILES string of the molecule is NC(=O)NCC(O)C(Cl)(Cl)Cl. The van der Waals surface area contributed by atoms with E-state index in [-0.39, 0.29) is 6.54 Å². The van der Waals surface area contributed by atoms with Crippen LogP contribution in [0.3, 0.4) is 0 Å². The minimum atomic E-state index is -1.80. The summed E-state index contributed by atoms with van der Waals surface area (Å²) in [5.74, 6) is 0. The number of carbonyl (C=O) groups excluding carboxylic acids is 1. The minimum Gasteiger partial charge on any atom is -0.387 e. The molecule has 0 fully saturated rings. The average molecular weight is 221 g/mol. The fourth-order valence-electron chi connectivity index (χ4n) is 0.313. The Morgan fingerprint density at radius 3 is 2.36 bits per heavy atom. The van der Waals surface area contributed by atoms with E-state index in [1.807, 2.05) is 0 Å². The second-order valence-electron chi connectivity index (χ2n) is 1.80. The van der Waals surface area contributed by atoms with Crippen LogP contribution in [0, 0.1) is 0 Å². The number of aliphatic hydroxyl groups is 1. The predicted octanol–water partition coefficient (Wildman–Crippen LogP) is 0.386. The number of urea groups is 1. The molecule has 0 saturated heterocycles. The third kappa shape index (κ3) is 5.38. The molecule has 4 nitrogen and oxygen atoms in total. The lowest BCUT2D eigenvalue weighted by atomic mass is 10.4. The molecule has 0 aliphatic carbocycles. The molecule has 2 amide bonds. The summed E-state index contributed by atoms with van der Waals surface area (Å²) in [6.07, 6.45) is -1.26. The number of primary amides is 1. The number of aliphatic hydroxyl groups excluding tert-OH is 1. The molecule has 0 heterocycles. The van der Waals surface area contributed by atoms with E-state index >= 15 is 0 Å². The van der Waals surface area contributed by atoms with Crippen molar-refractivity contribution in [2.75, 3.05) is 6.54 Å². The smallest absolute Gasteiger partial charge is 0.312 e. The summed E-state index contributed by atoms with van der Waals surface area (Å²) in [5.41, 5.74) is 4.69. The Morgan fingerprint density at radius 2 is 2.09 bits per heavy atom. The quantitative estimate of drug-likeness (QED) is 0.590. The Balaban J connectivity index is 3.70. The standard InChI is InChI=1S/C4H7Cl3N2O2/c5-4(6,7)2(10)1-9-3(8)11/h2,10H,1H2,(H3,8,9,11). The molecule has 4 N–H and O–H groups in total. The number of nitrogens with two attached hydrogens (primary N) is 1. The fraction of sp³-hybridized carbons (Fsp3) is 0.750. The number of hydrogen-bond acceptors (Lipinski definition) is 2. The van der Waals surface area contributed by atoms with Gasteiger partial charge in [-0.1, -0.05) is 34.8 Å². The Labute approximate surface area is 78.6 Å². The topological polar surface area (TPSA) is 75.4 Å². The van der Waals surface area contributed by atoms with Crippen LogP contribution in [0.25, 0.3) is 0 Å². The lowest BCUT2D eigenvalue weighted by molar-refractivity contribution is 0.175. The maximum atomic E-state index is 10.1. The summed E-state index contributed by atoms with van der Waals surface area (Å²) >= 11 is 15.8. The Hall–Kier alpha value is 0.1000. The highest BCUT2D eigenvalue weighted by Crippen LogP contribution is 2.29. The summed E-state index contributed by atoms with van der Waals surface area (Å²) in [5, 5.41) is 11.1. The summed E-state index contributed by atoms with van der Waals surface area (Å²) in [6.45, 7) is -0.189. The van der Waals surface area contributed by atoms with Crippen molar-refractivity contribution in [1.29, 1.82) is 0 Å². The van der Waals surface area contributed by atoms with Crippen LogP contribution in [0.2, 0.25) is 0 Å². The summed E-state index contributed by atoms with van der Waals surface area (Å²) in [4.78, 5) is 10.1. The predicted molar refractivity (Wildman–Crippen MR) is 43.9 cm³/mol. The molecule has 0 aliphatic heterocycles. The van der Waals surface area contributed by atoms with Crippen molar-refractivity contribution < 1.29 is 9.90 Å². The van der Waals surface area contributed by atoms with Gasteiger partial charge in [-0.15, -0.1) is 0 Å². The van der Waals surface area contributed by atoms with Crippen LogP contribution in [0.4, 0.5) is 4.79 Å². The number of carbonyl (C=O) groups is 1. The third-order valence-corrected chi connectivity index (χ3v) is 1.60. The van der Waals surface area contributed by atoms with Crippen molar-refractivity contribution in [3.8, 4) is 0 Å². The van der Waals surface area contributed by atoms with Gasteiger partial charge in [0.25, 0.3) is 0 Å². The Kier molecular flexibility index (Phi) is 4.25. The van der Waals surface area contributed by atoms with E-state index in [4.69, 9.17) is 45.6 Å². The molecule has 0 saturated carbocycles. The van der Waals surface area contributed by atoms with Gasteiger partial charge < -0.3 is 16.2 Å². The second kappa shape index (κ2) is 4.21. The van der Waals surface area contributed by atoms with Gasteiger partial charge in [0.15, 0.2) is 0 Å². The Morgan fingerprint density at radius 1 is 1.64 bits per heavy atom. The zero-order valence-corrected chi connectivity index (χ0v) is 7.62. The van der Waals surface area contributed by atoms with Crippen molar-refractivity contribution in [3.05, 3.63) is 0 Å². The van der Waals surface area contributed by atoms with Gasteiger partial charge in [-0.25, -0.2) is 4.79 Å². The van der Waals surface area contributed by atoms with E-state index in [0.29, 0.717) is 0 Å². The highest BCUT2D eigenvalue weighted by atomic mass is 35.6. The lowest BCUT2D eigenvalue weighted by Crippen LogP contribution is -2.41. The number of nitrogens with one attached hydrogen (secondary N) is 1. The molecule has 0 rings (SSSR count). The monoisotopic (exact) mass is 220 g/mol. The molecular formula is C4H7Cl3N2O2. The van der Waals surface area contributed by atoms with Gasteiger partial charge in [-0.2, -0.15) is 0 Å². The van der Waals surface area contributed by atoms with E-state index < -0.39 is 15.9 Å². The molecule has 1 unspecified atom stereocenters. The molecule has 0 aliphatic rings. The first-order chi connectivity index (χ1) is 4.84. The molecular weight excluding hydrogens is 214 g/mol. The van der Waals surface area contributed by atoms with Crippen molar-refractivity contribution in [1.82, 2.24) is 5.32 Å². The maximum Gasteiger partial charge on any atom is 0.312 e. The van der Waals surface area contributed by atoms with Crippen LogP contribution in [-0.2, 0) is 0 Å². The van der Waals surface area contributed by atoms with Gasteiger partial charge in [-0.3, -0.25) is 0 Å². The lowest BCUT2D eigenvalue weighted by Gasteiger charge is -2.18. The van der Waals surface area contributed by atoms with Gasteiger partial charge in [0, 0.05) is 6.54 Å². The largest absolute Gasteiger partial charge is 0.387 e. The van der Waals surface area contributed by atoms with Gasteiger partial charge in [0.05, 0.1) is 0 Å². The van der Waals surface area contributed by atoms with Crippen molar-refractivity contribution in [3.63, 3.8) is 0 Å². The van der Waals surface area contributed by atoms with Crippen LogP contribution in [0.5, 0.6) is 0 Å². The fourth-order valence-corrected chi connectivity index (χ4v) is 0.544. The molecule has 0 aromatic rings. The molecule has 0 bridgehead atoms. The van der Waals surface area contributed by atoms with Crippen LogP contribution < -0.4 is 11.1 Å². The first-order valence-electron chi connectivity index (χ1n) is 2.62. The van der Waals surface area contributed by atoms with Crippen molar-refractivity contribution in [2.45, 2.75) is 9.90 Å². The Bertz CT molecular complexity index is 147. The van der Waals surface area contributed by atoms with E-state index in [0.717, 1.165) is 0 Å². The van der Waals surface area contributed by atoms with Crippen LogP contribution >= 0.6 is 34.8 Å². The van der Waals surface area contributed by atoms with E-state index in [2.05, 4.69) is 5.32 Å². The summed E-state index contributed by atoms with van der Waals surface area (Å²) in [7, 11) is 0. The number of halogens is 3. The molecule has 0 radical (unpaired) electrons. The number of rotatable bonds is 2. The van der Waals surface area contributed by atoms with Crippen LogP contribution in [0.1, 0.15) is 0 Å². The number of hydrogen-bond donors (Lipinski definition) is 3. The highest BCUT2D eigenvalue weighted by molar-refractivity contribution is 6.68. The van der Waals surface area contributed by atoms with Crippen molar-refractivity contribution in [2.24, 2.45) is 5.73 Å². The van der Waals surface area contributed by atoms with Crippen molar-refractivity contribution >= 4 is 40.8 Å². The highest BCUT2D eigenvalue weighted by Gasteiger charge is 2.30. The first-order valence-corrected chi connectivity index (χ1v) is 3.75. The number of amides is 2. The van der Waals surface area contributed by atoms with Gasteiger partial charge >= 0.3 is 6.03 Å². The van der Waals surface area contributed by atoms with Crippen LogP contribution in [0.15, 0.2) is 0 Å². The van der Waals surface area contributed by atoms with Crippen LogP contribution in [-0.4, -0.2) is 27.6 Å². The third-order valence-electron chi connectivity index (χ3n) is 0.847. The normalized spacial score (nSPS) is 14.2. The molecule has 1 atom stereocenters. The summed E-state index contributed by atoms with van der Waals surface area (Å²) < 4.78 is -1.80.